The Bertz CT molecular complexity index is 264. The van der Waals surface area contributed by atoms with E-state index in [1.54, 1.807) is 6.92 Å². The highest BCUT2D eigenvalue weighted by Crippen LogP contribution is 2.38. The Morgan fingerprint density at radius 3 is 2.00 bits per heavy atom. The third-order valence-corrected chi connectivity index (χ3v) is 2.81. The predicted octanol–water partition coefficient (Wildman–Crippen LogP) is 1.47. The van der Waals surface area contributed by atoms with E-state index in [9.17, 15) is 14.4 Å². The zero-order chi connectivity index (χ0) is 10.1. The van der Waals surface area contributed by atoms with Crippen LogP contribution >= 0.6 is 11.6 Å². The summed E-state index contributed by atoms with van der Waals surface area (Å²) in [6.07, 6.45) is 3.24. The smallest absolute Gasteiger partial charge is 0.290 e. The highest BCUT2D eigenvalue weighted by Gasteiger charge is 2.41. The molecule has 1 rings (SSSR count). The van der Waals surface area contributed by atoms with Gasteiger partial charge in [-0.3, -0.25) is 14.4 Å². The van der Waals surface area contributed by atoms with Crippen molar-refractivity contribution >= 4 is 28.4 Å². The Morgan fingerprint density at radius 2 is 1.62 bits per heavy atom. The van der Waals surface area contributed by atoms with Crippen molar-refractivity contribution in [3.05, 3.63) is 0 Å². The lowest BCUT2D eigenvalue weighted by molar-refractivity contribution is -0.145. The Hall–Kier alpha value is -0.700. The molecule has 0 amide bonds. The molecule has 72 valence electrons. The Labute approximate surface area is 81.4 Å². The molecule has 0 spiro atoms. The van der Waals surface area contributed by atoms with Crippen LogP contribution in [0.2, 0.25) is 0 Å². The molecule has 1 aliphatic rings. The molecule has 0 aromatic rings. The fraction of sp³-hybridized carbons (Fsp3) is 0.667. The van der Waals surface area contributed by atoms with Crippen LogP contribution in [0.5, 0.6) is 0 Å². The third-order valence-electron chi connectivity index (χ3n) is 2.64. The first-order valence-corrected chi connectivity index (χ1v) is 4.64. The van der Waals surface area contributed by atoms with Gasteiger partial charge in [0, 0.05) is 5.41 Å². The molecule has 0 aliphatic heterocycles. The lowest BCUT2D eigenvalue weighted by atomic mass is 9.82. The van der Waals surface area contributed by atoms with Crippen LogP contribution in [-0.4, -0.2) is 16.8 Å². The van der Waals surface area contributed by atoms with Crippen LogP contribution in [-0.2, 0) is 14.4 Å². The minimum atomic E-state index is -1.17. The van der Waals surface area contributed by atoms with Crippen molar-refractivity contribution in [3.8, 4) is 0 Å². The van der Waals surface area contributed by atoms with E-state index < -0.39 is 22.2 Å². The number of ketones is 2. The van der Waals surface area contributed by atoms with Crippen molar-refractivity contribution < 1.29 is 14.4 Å². The maximum absolute atomic E-state index is 11.5. The van der Waals surface area contributed by atoms with E-state index in [0.717, 1.165) is 12.8 Å². The summed E-state index contributed by atoms with van der Waals surface area (Å²) < 4.78 is 0. The fourth-order valence-electron chi connectivity index (χ4n) is 1.75. The second-order valence-electron chi connectivity index (χ2n) is 3.70. The summed E-state index contributed by atoms with van der Waals surface area (Å²) in [5, 5.41) is -1.17. The van der Waals surface area contributed by atoms with Crippen molar-refractivity contribution in [1.82, 2.24) is 0 Å². The minimum absolute atomic E-state index is 0.620. The quantitative estimate of drug-likeness (QED) is 0.396. The van der Waals surface area contributed by atoms with Gasteiger partial charge in [-0.25, -0.2) is 0 Å². The molecule has 0 aromatic carbocycles. The number of hydrogen-bond acceptors (Lipinski definition) is 3. The average molecular weight is 203 g/mol. The molecule has 1 saturated carbocycles. The molecule has 0 bridgehead atoms. The van der Waals surface area contributed by atoms with Gasteiger partial charge < -0.3 is 0 Å². The summed E-state index contributed by atoms with van der Waals surface area (Å²) in [6.45, 7) is 1.72. The van der Waals surface area contributed by atoms with Gasteiger partial charge in [0.2, 0.25) is 5.78 Å². The SMILES string of the molecule is CC1(C(=O)C(=O)C(=O)Cl)CCCC1. The summed E-state index contributed by atoms with van der Waals surface area (Å²) in [7, 11) is 0. The van der Waals surface area contributed by atoms with Crippen LogP contribution in [0.15, 0.2) is 0 Å². The summed E-state index contributed by atoms with van der Waals surface area (Å²) in [5.74, 6) is -1.68. The molecule has 0 atom stereocenters. The standard InChI is InChI=1S/C9H11ClO3/c1-9(4-2-3-5-9)7(12)6(11)8(10)13/h2-5H2,1H3. The van der Waals surface area contributed by atoms with Crippen LogP contribution in [0.25, 0.3) is 0 Å². The van der Waals surface area contributed by atoms with E-state index in [4.69, 9.17) is 11.6 Å². The van der Waals surface area contributed by atoms with Crippen LogP contribution in [0, 0.1) is 5.41 Å². The van der Waals surface area contributed by atoms with Crippen molar-refractivity contribution in [2.45, 2.75) is 32.6 Å². The van der Waals surface area contributed by atoms with E-state index in [0.29, 0.717) is 12.8 Å². The lowest BCUT2D eigenvalue weighted by Gasteiger charge is -2.18. The van der Waals surface area contributed by atoms with E-state index >= 15 is 0 Å². The van der Waals surface area contributed by atoms with Crippen molar-refractivity contribution in [2.24, 2.45) is 5.41 Å². The molecule has 3 nitrogen and oxygen atoms in total. The molecule has 0 saturated heterocycles. The molecule has 13 heavy (non-hydrogen) atoms. The number of rotatable bonds is 3. The molecular weight excluding hydrogens is 192 g/mol. The number of carbonyl (C=O) groups excluding carboxylic acids is 3. The van der Waals surface area contributed by atoms with Crippen LogP contribution in [0.1, 0.15) is 32.6 Å². The number of Topliss-reactive ketones (excluding diaryl/α,β-unsaturated/α-hetero) is 2. The van der Waals surface area contributed by atoms with Gasteiger partial charge in [-0.2, -0.15) is 0 Å². The molecule has 0 aromatic heterocycles. The number of hydrogen-bond donors (Lipinski definition) is 0. The van der Waals surface area contributed by atoms with E-state index in [-0.39, 0.29) is 0 Å². The third kappa shape index (κ3) is 1.97. The summed E-state index contributed by atoms with van der Waals surface area (Å²) in [5.41, 5.74) is -0.637. The summed E-state index contributed by atoms with van der Waals surface area (Å²) >= 11 is 4.95. The first kappa shape index (κ1) is 10.4. The van der Waals surface area contributed by atoms with Gasteiger partial charge in [0.15, 0.2) is 0 Å². The fourth-order valence-corrected chi connectivity index (χ4v) is 1.83. The van der Waals surface area contributed by atoms with Crippen molar-refractivity contribution in [3.63, 3.8) is 0 Å². The maximum Gasteiger partial charge on any atom is 0.296 e. The van der Waals surface area contributed by atoms with Crippen LogP contribution in [0.4, 0.5) is 0 Å². The van der Waals surface area contributed by atoms with Crippen molar-refractivity contribution in [2.75, 3.05) is 0 Å². The minimum Gasteiger partial charge on any atom is -0.290 e. The lowest BCUT2D eigenvalue weighted by Crippen LogP contribution is -2.34. The molecule has 4 heteroatoms. The van der Waals surface area contributed by atoms with E-state index in [2.05, 4.69) is 0 Å². The molecule has 0 radical (unpaired) electrons. The van der Waals surface area contributed by atoms with Gasteiger partial charge in [0.05, 0.1) is 0 Å². The van der Waals surface area contributed by atoms with Gasteiger partial charge in [-0.05, 0) is 24.4 Å². The zero-order valence-corrected chi connectivity index (χ0v) is 8.19. The van der Waals surface area contributed by atoms with Crippen LogP contribution in [0.3, 0.4) is 0 Å². The normalized spacial score (nSPS) is 19.8. The predicted molar refractivity (Wildman–Crippen MR) is 47.4 cm³/mol. The monoisotopic (exact) mass is 202 g/mol. The molecule has 0 unspecified atom stereocenters. The number of carbonyl (C=O) groups is 3. The topological polar surface area (TPSA) is 51.2 Å². The Morgan fingerprint density at radius 1 is 1.15 bits per heavy atom. The maximum atomic E-state index is 11.5. The molecular formula is C9H11ClO3. The highest BCUT2D eigenvalue weighted by atomic mass is 35.5. The van der Waals surface area contributed by atoms with Gasteiger partial charge >= 0.3 is 0 Å². The van der Waals surface area contributed by atoms with Crippen molar-refractivity contribution in [1.29, 1.82) is 0 Å². The largest absolute Gasteiger partial charge is 0.296 e. The molecule has 0 heterocycles. The molecule has 0 N–H and O–H groups in total. The second kappa shape index (κ2) is 3.58. The zero-order valence-electron chi connectivity index (χ0n) is 7.43. The van der Waals surface area contributed by atoms with E-state index in [1.165, 1.54) is 0 Å². The molecule has 1 fully saturated rings. The first-order chi connectivity index (χ1) is 5.97. The van der Waals surface area contributed by atoms with Crippen LogP contribution < -0.4 is 0 Å². The molecule has 1 aliphatic carbocycles. The number of halogens is 1. The van der Waals surface area contributed by atoms with Gasteiger partial charge in [-0.15, -0.1) is 0 Å². The van der Waals surface area contributed by atoms with Gasteiger partial charge in [-0.1, -0.05) is 19.8 Å². The average Bonchev–Trinajstić information content (AvgIpc) is 2.50. The Balaban J connectivity index is 2.77. The van der Waals surface area contributed by atoms with E-state index in [1.807, 2.05) is 0 Å². The first-order valence-electron chi connectivity index (χ1n) is 4.26. The highest BCUT2D eigenvalue weighted by molar-refractivity contribution is 6.90. The van der Waals surface area contributed by atoms with Gasteiger partial charge in [0.25, 0.3) is 11.0 Å². The second-order valence-corrected chi connectivity index (χ2v) is 4.04. The van der Waals surface area contributed by atoms with Gasteiger partial charge in [0.1, 0.15) is 0 Å². The summed E-state index contributed by atoms with van der Waals surface area (Å²) in [4.78, 5) is 32.9. The Kier molecular flexibility index (Phi) is 2.86. The summed E-state index contributed by atoms with van der Waals surface area (Å²) in [6, 6.07) is 0.